The fourth-order valence-electron chi connectivity index (χ4n) is 3.24. The molecule has 0 bridgehead atoms. The van der Waals surface area contributed by atoms with Crippen LogP contribution in [-0.4, -0.2) is 25.5 Å². The molecule has 1 N–H and O–H groups in total. The summed E-state index contributed by atoms with van der Waals surface area (Å²) in [5.41, 5.74) is 2.97. The van der Waals surface area contributed by atoms with Crippen LogP contribution in [0.25, 0.3) is 0 Å². The highest BCUT2D eigenvalue weighted by molar-refractivity contribution is 5.32. The SMILES string of the molecule is CN(C)C(CNC1CCCc2ccccc21)c1ccco1. The quantitative estimate of drug-likeness (QED) is 0.910. The molecule has 112 valence electrons. The Hall–Kier alpha value is -1.58. The second kappa shape index (κ2) is 6.46. The van der Waals surface area contributed by atoms with Crippen molar-refractivity contribution >= 4 is 0 Å². The molecule has 0 amide bonds. The largest absolute Gasteiger partial charge is 0.468 e. The molecule has 3 heteroatoms. The van der Waals surface area contributed by atoms with Crippen LogP contribution in [0.2, 0.25) is 0 Å². The predicted molar refractivity (Wildman–Crippen MR) is 85.3 cm³/mol. The highest BCUT2D eigenvalue weighted by Gasteiger charge is 2.22. The Morgan fingerprint density at radius 2 is 2.10 bits per heavy atom. The molecule has 2 aromatic rings. The zero-order valence-electron chi connectivity index (χ0n) is 12.9. The van der Waals surface area contributed by atoms with Gasteiger partial charge in [-0.05, 0) is 56.6 Å². The normalized spacial score (nSPS) is 19.5. The molecule has 3 nitrogen and oxygen atoms in total. The average molecular weight is 284 g/mol. The number of nitrogens with zero attached hydrogens (tertiary/aromatic N) is 1. The molecule has 0 fully saturated rings. The summed E-state index contributed by atoms with van der Waals surface area (Å²) in [5.74, 6) is 1.02. The number of benzene rings is 1. The lowest BCUT2D eigenvalue weighted by Gasteiger charge is -2.30. The molecular weight excluding hydrogens is 260 g/mol. The van der Waals surface area contributed by atoms with Crippen LogP contribution in [0.4, 0.5) is 0 Å². The molecular formula is C18H24N2O. The summed E-state index contributed by atoms with van der Waals surface area (Å²) in [7, 11) is 4.20. The van der Waals surface area contributed by atoms with Gasteiger partial charge >= 0.3 is 0 Å². The number of furan rings is 1. The van der Waals surface area contributed by atoms with Crippen molar-refractivity contribution in [1.29, 1.82) is 0 Å². The maximum absolute atomic E-state index is 5.58. The third-order valence-corrected chi connectivity index (χ3v) is 4.42. The zero-order valence-corrected chi connectivity index (χ0v) is 12.9. The van der Waals surface area contributed by atoms with Gasteiger partial charge in [0.2, 0.25) is 0 Å². The summed E-state index contributed by atoms with van der Waals surface area (Å²) in [6, 6.07) is 13.6. The van der Waals surface area contributed by atoms with Gasteiger partial charge in [0.15, 0.2) is 0 Å². The molecule has 3 rings (SSSR count). The lowest BCUT2D eigenvalue weighted by atomic mass is 9.87. The van der Waals surface area contributed by atoms with Gasteiger partial charge in [-0.25, -0.2) is 0 Å². The third kappa shape index (κ3) is 3.20. The number of aryl methyl sites for hydroxylation is 1. The Labute approximate surface area is 127 Å². The summed E-state index contributed by atoms with van der Waals surface area (Å²) >= 11 is 0. The first kappa shape index (κ1) is 14.4. The van der Waals surface area contributed by atoms with E-state index >= 15 is 0 Å². The Bertz CT molecular complexity index is 562. The summed E-state index contributed by atoms with van der Waals surface area (Å²) < 4.78 is 5.58. The van der Waals surface area contributed by atoms with Gasteiger partial charge in [-0.2, -0.15) is 0 Å². The minimum atomic E-state index is 0.272. The van der Waals surface area contributed by atoms with E-state index in [-0.39, 0.29) is 6.04 Å². The molecule has 2 atom stereocenters. The first-order valence-corrected chi connectivity index (χ1v) is 7.76. The molecule has 0 radical (unpaired) electrons. The molecule has 0 spiro atoms. The monoisotopic (exact) mass is 284 g/mol. The number of rotatable bonds is 5. The number of nitrogens with one attached hydrogen (secondary N) is 1. The number of likely N-dealkylation sites (N-methyl/N-ethyl adjacent to an activating group) is 1. The van der Waals surface area contributed by atoms with E-state index in [9.17, 15) is 0 Å². The van der Waals surface area contributed by atoms with E-state index in [1.807, 2.05) is 6.07 Å². The number of hydrogen-bond donors (Lipinski definition) is 1. The highest BCUT2D eigenvalue weighted by Crippen LogP contribution is 2.30. The van der Waals surface area contributed by atoms with Crippen molar-refractivity contribution in [2.24, 2.45) is 0 Å². The molecule has 1 aliphatic carbocycles. The molecule has 1 aromatic heterocycles. The smallest absolute Gasteiger partial charge is 0.122 e. The van der Waals surface area contributed by atoms with Gasteiger partial charge < -0.3 is 9.73 Å². The lowest BCUT2D eigenvalue weighted by Crippen LogP contribution is -2.34. The number of hydrogen-bond acceptors (Lipinski definition) is 3. The van der Waals surface area contributed by atoms with Crippen molar-refractivity contribution in [2.45, 2.75) is 31.3 Å². The van der Waals surface area contributed by atoms with Gasteiger partial charge in [0.25, 0.3) is 0 Å². The van der Waals surface area contributed by atoms with Crippen LogP contribution in [0.3, 0.4) is 0 Å². The fourth-order valence-corrected chi connectivity index (χ4v) is 3.24. The maximum Gasteiger partial charge on any atom is 0.122 e. The van der Waals surface area contributed by atoms with Crippen molar-refractivity contribution < 1.29 is 4.42 Å². The molecule has 21 heavy (non-hydrogen) atoms. The van der Waals surface area contributed by atoms with Crippen molar-refractivity contribution in [3.63, 3.8) is 0 Å². The van der Waals surface area contributed by atoms with Crippen LogP contribution in [0, 0.1) is 0 Å². The van der Waals surface area contributed by atoms with E-state index in [4.69, 9.17) is 4.42 Å². The van der Waals surface area contributed by atoms with Crippen LogP contribution in [0.5, 0.6) is 0 Å². The van der Waals surface area contributed by atoms with Crippen LogP contribution in [-0.2, 0) is 6.42 Å². The van der Waals surface area contributed by atoms with E-state index in [1.165, 1.54) is 30.4 Å². The van der Waals surface area contributed by atoms with Gasteiger partial charge in [-0.3, -0.25) is 4.90 Å². The molecule has 1 aliphatic rings. The van der Waals surface area contributed by atoms with E-state index in [0.717, 1.165) is 12.3 Å². The van der Waals surface area contributed by atoms with Gasteiger partial charge in [0, 0.05) is 12.6 Å². The van der Waals surface area contributed by atoms with Crippen LogP contribution < -0.4 is 5.32 Å². The van der Waals surface area contributed by atoms with Crippen LogP contribution >= 0.6 is 0 Å². The van der Waals surface area contributed by atoms with Gasteiger partial charge in [-0.15, -0.1) is 0 Å². The molecule has 2 unspecified atom stereocenters. The van der Waals surface area contributed by atoms with Crippen molar-refractivity contribution in [1.82, 2.24) is 10.2 Å². The maximum atomic E-state index is 5.58. The first-order chi connectivity index (χ1) is 10.3. The lowest BCUT2D eigenvalue weighted by molar-refractivity contribution is 0.240. The number of fused-ring (bicyclic) bond motifs is 1. The van der Waals surface area contributed by atoms with Crippen LogP contribution in [0.1, 0.15) is 41.8 Å². The molecule has 0 saturated carbocycles. The fraction of sp³-hybridized carbons (Fsp3) is 0.444. The van der Waals surface area contributed by atoms with Gasteiger partial charge in [-0.1, -0.05) is 24.3 Å². The van der Waals surface area contributed by atoms with E-state index in [2.05, 4.69) is 54.6 Å². The van der Waals surface area contributed by atoms with Crippen molar-refractivity contribution in [3.8, 4) is 0 Å². The van der Waals surface area contributed by atoms with E-state index in [0.29, 0.717) is 6.04 Å². The summed E-state index contributed by atoms with van der Waals surface area (Å²) in [4.78, 5) is 2.21. The Morgan fingerprint density at radius 3 is 2.86 bits per heavy atom. The second-order valence-electron chi connectivity index (χ2n) is 6.05. The van der Waals surface area contributed by atoms with Gasteiger partial charge in [0.1, 0.15) is 5.76 Å². The molecule has 0 aliphatic heterocycles. The minimum Gasteiger partial charge on any atom is -0.468 e. The first-order valence-electron chi connectivity index (χ1n) is 7.76. The molecule has 1 aromatic carbocycles. The third-order valence-electron chi connectivity index (χ3n) is 4.42. The van der Waals surface area contributed by atoms with Gasteiger partial charge in [0.05, 0.1) is 12.3 Å². The van der Waals surface area contributed by atoms with E-state index < -0.39 is 0 Å². The standard InChI is InChI=1S/C18H24N2O/c1-20(2)17(18-11-6-12-21-18)13-19-16-10-5-8-14-7-3-4-9-15(14)16/h3-4,6-7,9,11-12,16-17,19H,5,8,10,13H2,1-2H3. The molecule has 0 saturated heterocycles. The van der Waals surface area contributed by atoms with Crippen LogP contribution in [0.15, 0.2) is 47.1 Å². The molecule has 1 heterocycles. The summed E-state index contributed by atoms with van der Waals surface area (Å²) in [6.45, 7) is 0.902. The Morgan fingerprint density at radius 1 is 1.24 bits per heavy atom. The zero-order chi connectivity index (χ0) is 14.7. The average Bonchev–Trinajstić information content (AvgIpc) is 3.01. The highest BCUT2D eigenvalue weighted by atomic mass is 16.3. The summed E-state index contributed by atoms with van der Waals surface area (Å²) in [5, 5.41) is 3.75. The predicted octanol–water partition coefficient (Wildman–Crippen LogP) is 3.55. The van der Waals surface area contributed by atoms with Crippen molar-refractivity contribution in [2.75, 3.05) is 20.6 Å². The summed E-state index contributed by atoms with van der Waals surface area (Å²) in [6.07, 6.45) is 5.45. The Balaban J connectivity index is 1.70. The second-order valence-corrected chi connectivity index (χ2v) is 6.05. The van der Waals surface area contributed by atoms with E-state index in [1.54, 1.807) is 6.26 Å². The topological polar surface area (TPSA) is 28.4 Å². The van der Waals surface area contributed by atoms with Crippen molar-refractivity contribution in [3.05, 3.63) is 59.5 Å². The minimum absolute atomic E-state index is 0.272. The Kier molecular flexibility index (Phi) is 4.42.